The van der Waals surface area contributed by atoms with E-state index in [1.165, 1.54) is 0 Å². The van der Waals surface area contributed by atoms with Gasteiger partial charge in [-0.1, -0.05) is 42.2 Å². The van der Waals surface area contributed by atoms with Crippen molar-refractivity contribution in [3.8, 4) is 29.0 Å². The van der Waals surface area contributed by atoms with Crippen LogP contribution in [0.5, 0.6) is 5.75 Å². The molecule has 0 spiro atoms. The molecule has 196 valence electrons. The van der Waals surface area contributed by atoms with Crippen molar-refractivity contribution in [3.63, 3.8) is 0 Å². The molecule has 9 heteroatoms. The van der Waals surface area contributed by atoms with Gasteiger partial charge in [0.15, 0.2) is 0 Å². The monoisotopic (exact) mass is 520 g/mol. The van der Waals surface area contributed by atoms with Gasteiger partial charge in [-0.05, 0) is 67.4 Å². The number of aromatic amines is 2. The Kier molecular flexibility index (Phi) is 7.66. The number of rotatable bonds is 8. The highest BCUT2D eigenvalue weighted by molar-refractivity contribution is 5.97. The van der Waals surface area contributed by atoms with Gasteiger partial charge in [-0.2, -0.15) is 5.21 Å². The number of para-hydroxylation sites is 1. The molecule has 0 saturated heterocycles. The number of hydrogen-bond donors (Lipinski definition) is 4. The molecule has 0 saturated carbocycles. The highest BCUT2D eigenvalue weighted by atomic mass is 16.5. The van der Waals surface area contributed by atoms with Crippen LogP contribution in [0.1, 0.15) is 40.9 Å². The molecule has 0 unspecified atom stereocenters. The fourth-order valence-electron chi connectivity index (χ4n) is 4.30. The number of aromatic nitrogens is 5. The van der Waals surface area contributed by atoms with Crippen LogP contribution in [0.15, 0.2) is 72.9 Å². The van der Waals surface area contributed by atoms with Gasteiger partial charge in [0.05, 0.1) is 24.3 Å². The van der Waals surface area contributed by atoms with Gasteiger partial charge in [0.2, 0.25) is 5.82 Å². The minimum absolute atomic E-state index is 0.124. The summed E-state index contributed by atoms with van der Waals surface area (Å²) >= 11 is 0. The molecule has 3 aromatic carbocycles. The Bertz CT molecular complexity index is 1650. The molecular weight excluding hydrogens is 492 g/mol. The van der Waals surface area contributed by atoms with Crippen LogP contribution in [0.25, 0.3) is 22.3 Å². The standard InChI is InChI=1S/C30H28N6O3/c1-19(2)39-28-13-12-21(11-10-20-6-5-7-22(14-20)29-33-35-36-34-29)15-26(28)30(38)32-24(18-37)16-23-17-31-27-9-4-3-8-25(23)27/h3-9,12-15,17,19,24,31,37H,16,18H2,1-2H3,(H,32,38)(H,33,34,35,36)/t24-/m1/s1. The zero-order valence-corrected chi connectivity index (χ0v) is 21.6. The third-order valence-electron chi connectivity index (χ3n) is 6.10. The molecule has 0 fully saturated rings. The van der Waals surface area contributed by atoms with E-state index in [1.807, 2.05) is 74.6 Å². The molecule has 5 aromatic rings. The van der Waals surface area contributed by atoms with Crippen LogP contribution in [0.4, 0.5) is 0 Å². The van der Waals surface area contributed by atoms with Crippen LogP contribution in [-0.2, 0) is 6.42 Å². The van der Waals surface area contributed by atoms with Crippen molar-refractivity contribution in [2.45, 2.75) is 32.4 Å². The number of nitrogens with zero attached hydrogens (tertiary/aromatic N) is 3. The third-order valence-corrected chi connectivity index (χ3v) is 6.10. The zero-order chi connectivity index (χ0) is 27.2. The topological polar surface area (TPSA) is 129 Å². The van der Waals surface area contributed by atoms with Crippen molar-refractivity contribution in [1.29, 1.82) is 0 Å². The van der Waals surface area contributed by atoms with Crippen molar-refractivity contribution < 1.29 is 14.6 Å². The minimum Gasteiger partial charge on any atom is -0.490 e. The van der Waals surface area contributed by atoms with Crippen molar-refractivity contribution in [2.24, 2.45) is 0 Å². The van der Waals surface area contributed by atoms with E-state index in [2.05, 4.69) is 42.8 Å². The Labute approximate surface area is 225 Å². The molecule has 5 rings (SSSR count). The number of fused-ring (bicyclic) bond motifs is 1. The maximum absolute atomic E-state index is 13.4. The smallest absolute Gasteiger partial charge is 0.255 e. The van der Waals surface area contributed by atoms with Crippen molar-refractivity contribution in [2.75, 3.05) is 6.61 Å². The first-order valence-corrected chi connectivity index (χ1v) is 12.6. The van der Waals surface area contributed by atoms with Crippen molar-refractivity contribution in [1.82, 2.24) is 30.9 Å². The molecule has 0 radical (unpaired) electrons. The molecule has 0 aliphatic rings. The number of carbonyl (C=O) groups excluding carboxylic acids is 1. The Morgan fingerprint density at radius 1 is 1.05 bits per heavy atom. The summed E-state index contributed by atoms with van der Waals surface area (Å²) in [5.41, 5.74) is 4.60. The molecule has 39 heavy (non-hydrogen) atoms. The summed E-state index contributed by atoms with van der Waals surface area (Å²) in [6.45, 7) is 3.60. The second-order valence-corrected chi connectivity index (χ2v) is 9.36. The number of aliphatic hydroxyl groups excluding tert-OH is 1. The third kappa shape index (κ3) is 6.14. The molecular formula is C30H28N6O3. The normalized spacial score (nSPS) is 11.7. The molecule has 0 aliphatic heterocycles. The molecule has 0 aliphatic carbocycles. The van der Waals surface area contributed by atoms with Gasteiger partial charge < -0.3 is 20.1 Å². The number of amides is 1. The largest absolute Gasteiger partial charge is 0.490 e. The number of tetrazole rings is 1. The van der Waals surface area contributed by atoms with E-state index >= 15 is 0 Å². The predicted molar refractivity (Wildman–Crippen MR) is 148 cm³/mol. The number of nitrogens with one attached hydrogen (secondary N) is 3. The molecule has 9 nitrogen and oxygen atoms in total. The van der Waals surface area contributed by atoms with E-state index in [1.54, 1.807) is 12.1 Å². The summed E-state index contributed by atoms with van der Waals surface area (Å²) in [6, 6.07) is 20.3. The summed E-state index contributed by atoms with van der Waals surface area (Å²) in [7, 11) is 0. The number of benzene rings is 3. The Morgan fingerprint density at radius 2 is 1.87 bits per heavy atom. The van der Waals surface area contributed by atoms with Crippen LogP contribution in [0.3, 0.4) is 0 Å². The summed E-state index contributed by atoms with van der Waals surface area (Å²) < 4.78 is 5.92. The van der Waals surface area contributed by atoms with E-state index in [-0.39, 0.29) is 18.6 Å². The Balaban J connectivity index is 1.38. The average molecular weight is 521 g/mol. The molecule has 1 atom stereocenters. The van der Waals surface area contributed by atoms with Crippen molar-refractivity contribution in [3.05, 3.63) is 95.2 Å². The lowest BCUT2D eigenvalue weighted by Gasteiger charge is -2.19. The van der Waals surface area contributed by atoms with Crippen molar-refractivity contribution >= 4 is 16.8 Å². The van der Waals surface area contributed by atoms with E-state index in [9.17, 15) is 9.90 Å². The second-order valence-electron chi connectivity index (χ2n) is 9.36. The number of aliphatic hydroxyl groups is 1. The predicted octanol–water partition coefficient (Wildman–Crippen LogP) is 3.87. The number of ether oxygens (including phenoxy) is 1. The number of carbonyl (C=O) groups is 1. The van der Waals surface area contributed by atoms with E-state index in [4.69, 9.17) is 4.74 Å². The highest BCUT2D eigenvalue weighted by Crippen LogP contribution is 2.23. The molecule has 4 N–H and O–H groups in total. The first kappa shape index (κ1) is 25.7. The van der Waals surface area contributed by atoms with E-state index in [0.29, 0.717) is 29.1 Å². The first-order chi connectivity index (χ1) is 19.0. The highest BCUT2D eigenvalue weighted by Gasteiger charge is 2.19. The van der Waals surface area contributed by atoms with Gasteiger partial charge in [-0.3, -0.25) is 4.79 Å². The maximum Gasteiger partial charge on any atom is 0.255 e. The van der Waals surface area contributed by atoms with Gasteiger partial charge in [0.1, 0.15) is 5.75 Å². The lowest BCUT2D eigenvalue weighted by atomic mass is 10.0. The van der Waals surface area contributed by atoms with Gasteiger partial charge in [0, 0.05) is 33.8 Å². The second kappa shape index (κ2) is 11.6. The average Bonchev–Trinajstić information content (AvgIpc) is 3.63. The van der Waals surface area contributed by atoms with Gasteiger partial charge >= 0.3 is 0 Å². The van der Waals surface area contributed by atoms with Crippen LogP contribution >= 0.6 is 0 Å². The lowest BCUT2D eigenvalue weighted by Crippen LogP contribution is -2.39. The number of H-pyrrole nitrogens is 2. The molecule has 2 heterocycles. The quantitative estimate of drug-likeness (QED) is 0.230. The summed E-state index contributed by atoms with van der Waals surface area (Å²) in [5, 5.41) is 28.2. The van der Waals surface area contributed by atoms with Crippen LogP contribution in [0.2, 0.25) is 0 Å². The summed E-state index contributed by atoms with van der Waals surface area (Å²) in [6.07, 6.45) is 2.26. The molecule has 2 aromatic heterocycles. The lowest BCUT2D eigenvalue weighted by molar-refractivity contribution is 0.0910. The Hall–Kier alpha value is -4.94. The summed E-state index contributed by atoms with van der Waals surface area (Å²) in [4.78, 5) is 16.7. The SMILES string of the molecule is CC(C)Oc1ccc(C#Cc2cccc(-c3nn[nH]n3)c2)cc1C(=O)N[C@@H](CO)Cc1c[nH]c2ccccc12. The zero-order valence-electron chi connectivity index (χ0n) is 21.6. The van der Waals surface area contributed by atoms with E-state index < -0.39 is 6.04 Å². The first-order valence-electron chi connectivity index (χ1n) is 12.6. The van der Waals surface area contributed by atoms with Gasteiger partial charge in [-0.15, -0.1) is 10.2 Å². The number of hydrogen-bond acceptors (Lipinski definition) is 6. The van der Waals surface area contributed by atoms with Crippen LogP contribution in [-0.4, -0.2) is 55.4 Å². The summed E-state index contributed by atoms with van der Waals surface area (Å²) in [5.74, 6) is 6.87. The molecule has 0 bridgehead atoms. The van der Waals surface area contributed by atoms with Crippen LogP contribution < -0.4 is 10.1 Å². The van der Waals surface area contributed by atoms with E-state index in [0.717, 1.165) is 27.6 Å². The van der Waals surface area contributed by atoms with Gasteiger partial charge in [0.25, 0.3) is 5.91 Å². The maximum atomic E-state index is 13.4. The van der Waals surface area contributed by atoms with Gasteiger partial charge in [-0.25, -0.2) is 0 Å². The minimum atomic E-state index is -0.480. The Morgan fingerprint density at radius 3 is 2.64 bits per heavy atom. The fourth-order valence-corrected chi connectivity index (χ4v) is 4.30. The van der Waals surface area contributed by atoms with Crippen LogP contribution in [0, 0.1) is 11.8 Å². The molecule has 1 amide bonds. The fraction of sp³-hybridized carbons (Fsp3) is 0.200.